The Balaban J connectivity index is 2.00. The summed E-state index contributed by atoms with van der Waals surface area (Å²) in [6, 6.07) is 12.4. The Morgan fingerprint density at radius 2 is 1.78 bits per heavy atom. The average molecular weight is 238 g/mol. The number of aliphatic imine (C=N–C) groups is 1. The van der Waals surface area contributed by atoms with E-state index in [2.05, 4.69) is 41.2 Å². The van der Waals surface area contributed by atoms with Crippen LogP contribution in [0.3, 0.4) is 0 Å². The SMILES string of the molecule is CCCCc1ccc(N=Cc2ccncc2)cc1. The van der Waals surface area contributed by atoms with Crippen LogP contribution >= 0.6 is 0 Å². The summed E-state index contributed by atoms with van der Waals surface area (Å²) >= 11 is 0. The third-order valence-electron chi connectivity index (χ3n) is 2.82. The number of unbranched alkanes of at least 4 members (excludes halogenated alkanes) is 1. The van der Waals surface area contributed by atoms with Crippen molar-refractivity contribution in [3.05, 3.63) is 59.9 Å². The predicted octanol–water partition coefficient (Wildman–Crippen LogP) is 4.17. The lowest BCUT2D eigenvalue weighted by Gasteiger charge is -2.00. The van der Waals surface area contributed by atoms with E-state index in [0.29, 0.717) is 0 Å². The smallest absolute Gasteiger partial charge is 0.0630 e. The molecule has 18 heavy (non-hydrogen) atoms. The third kappa shape index (κ3) is 3.81. The summed E-state index contributed by atoms with van der Waals surface area (Å²) in [6.07, 6.45) is 9.06. The third-order valence-corrected chi connectivity index (χ3v) is 2.82. The van der Waals surface area contributed by atoms with E-state index in [4.69, 9.17) is 0 Å². The minimum atomic E-state index is 0.993. The van der Waals surface area contributed by atoms with Gasteiger partial charge in [-0.2, -0.15) is 0 Å². The maximum atomic E-state index is 4.45. The molecular formula is C16H18N2. The summed E-state index contributed by atoms with van der Waals surface area (Å²) in [5.41, 5.74) is 3.45. The first kappa shape index (κ1) is 12.5. The zero-order valence-corrected chi connectivity index (χ0v) is 10.7. The molecule has 0 radical (unpaired) electrons. The molecule has 0 saturated heterocycles. The van der Waals surface area contributed by atoms with Gasteiger partial charge in [0, 0.05) is 18.6 Å². The minimum absolute atomic E-state index is 0.993. The van der Waals surface area contributed by atoms with Crippen molar-refractivity contribution < 1.29 is 0 Å². The van der Waals surface area contributed by atoms with Crippen LogP contribution in [0.1, 0.15) is 30.9 Å². The van der Waals surface area contributed by atoms with E-state index in [1.54, 1.807) is 12.4 Å². The number of hydrogen-bond acceptors (Lipinski definition) is 2. The molecule has 2 aromatic rings. The molecule has 0 fully saturated rings. The molecule has 0 atom stereocenters. The summed E-state index contributed by atoms with van der Waals surface area (Å²) in [6.45, 7) is 2.22. The van der Waals surface area contributed by atoms with Gasteiger partial charge in [0.15, 0.2) is 0 Å². The van der Waals surface area contributed by atoms with E-state index < -0.39 is 0 Å². The van der Waals surface area contributed by atoms with E-state index in [9.17, 15) is 0 Å². The molecule has 92 valence electrons. The normalized spacial score (nSPS) is 10.9. The zero-order valence-electron chi connectivity index (χ0n) is 10.7. The largest absolute Gasteiger partial charge is 0.265 e. The molecule has 2 rings (SSSR count). The first-order valence-corrected chi connectivity index (χ1v) is 6.41. The molecule has 1 aromatic carbocycles. The van der Waals surface area contributed by atoms with E-state index in [1.165, 1.54) is 18.4 Å². The van der Waals surface area contributed by atoms with Gasteiger partial charge in [-0.25, -0.2) is 0 Å². The molecule has 1 heterocycles. The van der Waals surface area contributed by atoms with Crippen LogP contribution in [0.25, 0.3) is 0 Å². The Morgan fingerprint density at radius 1 is 1.06 bits per heavy atom. The predicted molar refractivity (Wildman–Crippen MR) is 76.5 cm³/mol. The van der Waals surface area contributed by atoms with Gasteiger partial charge < -0.3 is 0 Å². The fourth-order valence-corrected chi connectivity index (χ4v) is 1.73. The molecule has 0 aliphatic heterocycles. The topological polar surface area (TPSA) is 25.2 Å². The molecular weight excluding hydrogens is 220 g/mol. The number of pyridine rings is 1. The van der Waals surface area contributed by atoms with Crippen LogP contribution < -0.4 is 0 Å². The Labute approximate surface area is 108 Å². The monoisotopic (exact) mass is 238 g/mol. The first-order valence-electron chi connectivity index (χ1n) is 6.41. The second-order valence-electron chi connectivity index (χ2n) is 4.31. The van der Waals surface area contributed by atoms with Crippen LogP contribution in [0.5, 0.6) is 0 Å². The second-order valence-corrected chi connectivity index (χ2v) is 4.31. The fraction of sp³-hybridized carbons (Fsp3) is 0.250. The highest BCUT2D eigenvalue weighted by Crippen LogP contribution is 2.14. The summed E-state index contributed by atoms with van der Waals surface area (Å²) in [5.74, 6) is 0. The van der Waals surface area contributed by atoms with Crippen molar-refractivity contribution in [3.8, 4) is 0 Å². The zero-order chi connectivity index (χ0) is 12.6. The molecule has 0 bridgehead atoms. The summed E-state index contributed by atoms with van der Waals surface area (Å²) in [7, 11) is 0. The number of aromatic nitrogens is 1. The van der Waals surface area contributed by atoms with E-state index in [1.807, 2.05) is 18.3 Å². The number of nitrogens with zero attached hydrogens (tertiary/aromatic N) is 2. The molecule has 1 aromatic heterocycles. The van der Waals surface area contributed by atoms with Gasteiger partial charge in [0.05, 0.1) is 5.69 Å². The molecule has 0 saturated carbocycles. The molecule has 0 spiro atoms. The lowest BCUT2D eigenvalue weighted by Crippen LogP contribution is -1.83. The van der Waals surface area contributed by atoms with Crippen LogP contribution in [0.15, 0.2) is 53.8 Å². The van der Waals surface area contributed by atoms with Gasteiger partial charge in [0.25, 0.3) is 0 Å². The first-order chi connectivity index (χ1) is 8.88. The van der Waals surface area contributed by atoms with Gasteiger partial charge >= 0.3 is 0 Å². The standard InChI is InChI=1S/C16H18N2/c1-2-3-4-14-5-7-16(8-6-14)18-13-15-9-11-17-12-10-15/h5-13H,2-4H2,1H3. The maximum Gasteiger partial charge on any atom is 0.0630 e. The molecule has 2 heteroatoms. The molecule has 0 aliphatic rings. The van der Waals surface area contributed by atoms with Crippen molar-refractivity contribution >= 4 is 11.9 Å². The van der Waals surface area contributed by atoms with E-state index >= 15 is 0 Å². The number of hydrogen-bond donors (Lipinski definition) is 0. The van der Waals surface area contributed by atoms with Crippen molar-refractivity contribution in [3.63, 3.8) is 0 Å². The maximum absolute atomic E-state index is 4.45. The Bertz CT molecular complexity index is 486. The molecule has 0 amide bonds. The van der Waals surface area contributed by atoms with Crippen LogP contribution in [0.2, 0.25) is 0 Å². The van der Waals surface area contributed by atoms with Crippen LogP contribution in [0.4, 0.5) is 5.69 Å². The van der Waals surface area contributed by atoms with Crippen LogP contribution in [0, 0.1) is 0 Å². The second kappa shape index (κ2) is 6.70. The lowest BCUT2D eigenvalue weighted by molar-refractivity contribution is 0.795. The summed E-state index contributed by atoms with van der Waals surface area (Å²) in [5, 5.41) is 0. The minimum Gasteiger partial charge on any atom is -0.265 e. The van der Waals surface area contributed by atoms with Crippen molar-refractivity contribution in [2.45, 2.75) is 26.2 Å². The Kier molecular flexibility index (Phi) is 4.65. The van der Waals surface area contributed by atoms with Gasteiger partial charge in [-0.05, 0) is 48.2 Å². The van der Waals surface area contributed by atoms with Gasteiger partial charge in [0.2, 0.25) is 0 Å². The van der Waals surface area contributed by atoms with Crippen molar-refractivity contribution in [1.82, 2.24) is 4.98 Å². The number of benzene rings is 1. The summed E-state index contributed by atoms with van der Waals surface area (Å²) < 4.78 is 0. The Morgan fingerprint density at radius 3 is 2.44 bits per heavy atom. The van der Waals surface area contributed by atoms with Gasteiger partial charge in [-0.3, -0.25) is 9.98 Å². The number of rotatable bonds is 5. The molecule has 0 unspecified atom stereocenters. The van der Waals surface area contributed by atoms with Crippen molar-refractivity contribution in [1.29, 1.82) is 0 Å². The highest BCUT2D eigenvalue weighted by Gasteiger charge is 1.93. The van der Waals surface area contributed by atoms with Crippen LogP contribution in [-0.2, 0) is 6.42 Å². The lowest BCUT2D eigenvalue weighted by atomic mass is 10.1. The highest BCUT2D eigenvalue weighted by atomic mass is 14.7. The Hall–Kier alpha value is -1.96. The van der Waals surface area contributed by atoms with E-state index in [-0.39, 0.29) is 0 Å². The highest BCUT2D eigenvalue weighted by molar-refractivity contribution is 5.81. The quantitative estimate of drug-likeness (QED) is 0.717. The van der Waals surface area contributed by atoms with E-state index in [0.717, 1.165) is 17.7 Å². The van der Waals surface area contributed by atoms with Crippen molar-refractivity contribution in [2.75, 3.05) is 0 Å². The van der Waals surface area contributed by atoms with Gasteiger partial charge in [-0.15, -0.1) is 0 Å². The number of aryl methyl sites for hydroxylation is 1. The molecule has 0 aliphatic carbocycles. The molecule has 0 N–H and O–H groups in total. The molecule has 2 nitrogen and oxygen atoms in total. The van der Waals surface area contributed by atoms with Gasteiger partial charge in [0.1, 0.15) is 0 Å². The fourth-order valence-electron chi connectivity index (χ4n) is 1.73. The van der Waals surface area contributed by atoms with Crippen molar-refractivity contribution in [2.24, 2.45) is 4.99 Å². The summed E-state index contributed by atoms with van der Waals surface area (Å²) in [4.78, 5) is 8.42. The average Bonchev–Trinajstić information content (AvgIpc) is 2.45. The van der Waals surface area contributed by atoms with Crippen LogP contribution in [-0.4, -0.2) is 11.2 Å². The van der Waals surface area contributed by atoms with Gasteiger partial charge in [-0.1, -0.05) is 25.5 Å².